The maximum Gasteiger partial charge on any atom is 0.253 e. The second kappa shape index (κ2) is 5.77. The van der Waals surface area contributed by atoms with E-state index in [1.165, 1.54) is 25.7 Å². The number of amides is 2. The van der Waals surface area contributed by atoms with E-state index in [1.54, 1.807) is 0 Å². The van der Waals surface area contributed by atoms with Crippen LogP contribution in [0.25, 0.3) is 0 Å². The van der Waals surface area contributed by atoms with Gasteiger partial charge in [0.15, 0.2) is 0 Å². The third kappa shape index (κ3) is 5.63. The van der Waals surface area contributed by atoms with Crippen LogP contribution in [0.5, 0.6) is 0 Å². The van der Waals surface area contributed by atoms with E-state index < -0.39 is 0 Å². The SMILES string of the molecule is CC1CN1.CC1CO1.CN1C(=O)C=CC1=O. The molecule has 0 aromatic rings. The molecule has 0 spiro atoms. The number of carbonyl (C=O) groups excluding carboxylic acids is 2. The average Bonchev–Trinajstić information content (AvgIpc) is 3.15. The van der Waals surface area contributed by atoms with Crippen molar-refractivity contribution in [2.24, 2.45) is 0 Å². The second-order valence-corrected chi connectivity index (χ2v) is 4.02. The first-order valence-electron chi connectivity index (χ1n) is 5.35. The molecule has 3 aliphatic rings. The molecule has 90 valence electrons. The van der Waals surface area contributed by atoms with E-state index >= 15 is 0 Å². The van der Waals surface area contributed by atoms with E-state index in [4.69, 9.17) is 4.74 Å². The minimum Gasteiger partial charge on any atom is -0.373 e. The van der Waals surface area contributed by atoms with Crippen molar-refractivity contribution >= 4 is 11.8 Å². The van der Waals surface area contributed by atoms with E-state index in [1.807, 2.05) is 0 Å². The molecule has 0 aromatic heterocycles. The van der Waals surface area contributed by atoms with Crippen LogP contribution in [0.15, 0.2) is 12.2 Å². The van der Waals surface area contributed by atoms with Gasteiger partial charge in [-0.25, -0.2) is 0 Å². The van der Waals surface area contributed by atoms with Gasteiger partial charge < -0.3 is 10.1 Å². The lowest BCUT2D eigenvalue weighted by molar-refractivity contribution is -0.135. The number of likely N-dealkylation sites (N-methyl/N-ethyl adjacent to an activating group) is 1. The van der Waals surface area contributed by atoms with Gasteiger partial charge in [0.05, 0.1) is 12.7 Å². The Hall–Kier alpha value is -1.20. The van der Waals surface area contributed by atoms with Crippen molar-refractivity contribution in [3.8, 4) is 0 Å². The number of nitrogens with zero attached hydrogens (tertiary/aromatic N) is 1. The fourth-order valence-electron chi connectivity index (χ4n) is 0.689. The van der Waals surface area contributed by atoms with Crippen molar-refractivity contribution in [1.29, 1.82) is 0 Å². The summed E-state index contributed by atoms with van der Waals surface area (Å²) in [6, 6.07) is 0.833. The smallest absolute Gasteiger partial charge is 0.253 e. The Morgan fingerprint density at radius 3 is 1.69 bits per heavy atom. The van der Waals surface area contributed by atoms with Gasteiger partial charge >= 0.3 is 0 Å². The first-order chi connectivity index (χ1) is 7.50. The van der Waals surface area contributed by atoms with Crippen LogP contribution in [-0.4, -0.2) is 49.1 Å². The first-order valence-corrected chi connectivity index (χ1v) is 5.35. The highest BCUT2D eigenvalue weighted by molar-refractivity contribution is 6.12. The predicted molar refractivity (Wildman–Crippen MR) is 59.8 cm³/mol. The maximum atomic E-state index is 10.4. The summed E-state index contributed by atoms with van der Waals surface area (Å²) in [7, 11) is 1.45. The highest BCUT2D eigenvalue weighted by Crippen LogP contribution is 2.04. The van der Waals surface area contributed by atoms with E-state index in [2.05, 4.69) is 19.2 Å². The van der Waals surface area contributed by atoms with Crippen molar-refractivity contribution < 1.29 is 14.3 Å². The fraction of sp³-hybridized carbons (Fsp3) is 0.636. The molecule has 2 unspecified atom stereocenters. The molecule has 2 fully saturated rings. The molecule has 3 heterocycles. The Kier molecular flexibility index (Phi) is 4.64. The predicted octanol–water partition coefficient (Wildman–Crippen LogP) is -0.0756. The zero-order valence-electron chi connectivity index (χ0n) is 9.90. The second-order valence-electron chi connectivity index (χ2n) is 4.02. The summed E-state index contributed by atoms with van der Waals surface area (Å²) in [5.41, 5.74) is 0. The van der Waals surface area contributed by atoms with E-state index in [-0.39, 0.29) is 11.8 Å². The van der Waals surface area contributed by atoms with Crippen LogP contribution in [-0.2, 0) is 14.3 Å². The fourth-order valence-corrected chi connectivity index (χ4v) is 0.689. The van der Waals surface area contributed by atoms with Crippen LogP contribution in [0.1, 0.15) is 13.8 Å². The number of imide groups is 1. The summed E-state index contributed by atoms with van der Waals surface area (Å²) >= 11 is 0. The van der Waals surface area contributed by atoms with Crippen molar-refractivity contribution in [3.05, 3.63) is 12.2 Å². The van der Waals surface area contributed by atoms with Crippen molar-refractivity contribution in [2.45, 2.75) is 26.0 Å². The van der Waals surface area contributed by atoms with E-state index in [0.717, 1.165) is 17.5 Å². The Bertz CT molecular complexity index is 266. The minimum atomic E-state index is -0.241. The molecule has 16 heavy (non-hydrogen) atoms. The molecular weight excluding hydrogens is 208 g/mol. The molecule has 0 radical (unpaired) electrons. The summed E-state index contributed by atoms with van der Waals surface area (Å²) in [5.74, 6) is -0.481. The molecule has 0 saturated carbocycles. The normalized spacial score (nSPS) is 29.1. The maximum absolute atomic E-state index is 10.4. The molecule has 0 aliphatic carbocycles. The molecule has 2 saturated heterocycles. The summed E-state index contributed by atoms with van der Waals surface area (Å²) in [4.78, 5) is 21.9. The topological polar surface area (TPSA) is 71.8 Å². The lowest BCUT2D eigenvalue weighted by Gasteiger charge is -2.01. The molecule has 0 aromatic carbocycles. The Morgan fingerprint density at radius 2 is 1.62 bits per heavy atom. The largest absolute Gasteiger partial charge is 0.373 e. The number of nitrogens with one attached hydrogen (secondary N) is 1. The third-order valence-corrected chi connectivity index (χ3v) is 2.14. The van der Waals surface area contributed by atoms with Crippen LogP contribution in [0.4, 0.5) is 0 Å². The lowest BCUT2D eigenvalue weighted by atomic mass is 10.6. The Morgan fingerprint density at radius 1 is 1.31 bits per heavy atom. The number of hydrogen-bond donors (Lipinski definition) is 1. The van der Waals surface area contributed by atoms with Gasteiger partial charge in [0.1, 0.15) is 0 Å². The molecule has 5 nitrogen and oxygen atoms in total. The summed E-state index contributed by atoms with van der Waals surface area (Å²) in [6.07, 6.45) is 3.09. The monoisotopic (exact) mass is 226 g/mol. The number of hydrogen-bond acceptors (Lipinski definition) is 4. The first kappa shape index (κ1) is 12.9. The summed E-state index contributed by atoms with van der Waals surface area (Å²) in [5, 5.41) is 3.10. The molecule has 2 amide bonds. The van der Waals surface area contributed by atoms with Crippen molar-refractivity contribution in [1.82, 2.24) is 10.2 Å². The van der Waals surface area contributed by atoms with Crippen LogP contribution in [0.3, 0.4) is 0 Å². The highest BCUT2D eigenvalue weighted by Gasteiger charge is 2.17. The number of rotatable bonds is 0. The highest BCUT2D eigenvalue weighted by atomic mass is 16.6. The molecule has 2 atom stereocenters. The van der Waals surface area contributed by atoms with Gasteiger partial charge in [-0.3, -0.25) is 14.5 Å². The summed E-state index contributed by atoms with van der Waals surface area (Å²) in [6.45, 7) is 6.44. The molecule has 5 heteroatoms. The molecule has 0 bridgehead atoms. The van der Waals surface area contributed by atoms with Crippen molar-refractivity contribution in [3.63, 3.8) is 0 Å². The van der Waals surface area contributed by atoms with Crippen LogP contribution < -0.4 is 5.32 Å². The summed E-state index contributed by atoms with van der Waals surface area (Å²) < 4.78 is 4.71. The van der Waals surface area contributed by atoms with Gasteiger partial charge in [-0.1, -0.05) is 0 Å². The minimum absolute atomic E-state index is 0.241. The zero-order chi connectivity index (χ0) is 12.1. The van der Waals surface area contributed by atoms with E-state index in [0.29, 0.717) is 6.10 Å². The molecular formula is C11H18N2O3. The number of ether oxygens (including phenoxy) is 1. The van der Waals surface area contributed by atoms with Crippen molar-refractivity contribution in [2.75, 3.05) is 20.2 Å². The van der Waals surface area contributed by atoms with Crippen LogP contribution in [0.2, 0.25) is 0 Å². The Labute approximate surface area is 95.4 Å². The average molecular weight is 226 g/mol. The number of epoxide rings is 1. The van der Waals surface area contributed by atoms with Gasteiger partial charge in [0, 0.05) is 31.8 Å². The van der Waals surface area contributed by atoms with Gasteiger partial charge in [0.2, 0.25) is 0 Å². The van der Waals surface area contributed by atoms with Crippen LogP contribution in [0, 0.1) is 0 Å². The van der Waals surface area contributed by atoms with Crippen LogP contribution >= 0.6 is 0 Å². The van der Waals surface area contributed by atoms with Gasteiger partial charge in [-0.15, -0.1) is 0 Å². The molecule has 3 rings (SSSR count). The van der Waals surface area contributed by atoms with Gasteiger partial charge in [-0.05, 0) is 13.8 Å². The van der Waals surface area contributed by atoms with E-state index in [9.17, 15) is 9.59 Å². The zero-order valence-corrected chi connectivity index (χ0v) is 9.90. The quantitative estimate of drug-likeness (QED) is 0.463. The molecule has 1 N–H and O–H groups in total. The van der Waals surface area contributed by atoms with Gasteiger partial charge in [0.25, 0.3) is 11.8 Å². The lowest BCUT2D eigenvalue weighted by Crippen LogP contribution is -2.24. The Balaban J connectivity index is 0.000000133. The number of carbonyl (C=O) groups is 2. The standard InChI is InChI=1S/C5H5NO2.C3H7N.C3H6O/c1-6-4(7)2-3-5(6)8;2*1-3-2-4-3/h2-3H,1H3;3-4H,2H2,1H3;3H,2H2,1H3. The van der Waals surface area contributed by atoms with Gasteiger partial charge in [-0.2, -0.15) is 0 Å². The third-order valence-electron chi connectivity index (χ3n) is 2.14. The molecule has 3 aliphatic heterocycles.